The van der Waals surface area contributed by atoms with Crippen LogP contribution >= 0.6 is 0 Å². The molecule has 2 saturated heterocycles. The molecule has 2 heterocycles. The van der Waals surface area contributed by atoms with Gasteiger partial charge in [0.2, 0.25) is 5.91 Å². The summed E-state index contributed by atoms with van der Waals surface area (Å²) < 4.78 is 5.83. The van der Waals surface area contributed by atoms with Crippen LogP contribution in [0.25, 0.3) is 0 Å². The minimum absolute atomic E-state index is 0.0341. The van der Waals surface area contributed by atoms with Crippen molar-refractivity contribution in [2.75, 3.05) is 6.54 Å². The summed E-state index contributed by atoms with van der Waals surface area (Å²) in [5, 5.41) is 17.0. The molecular formula is C24H30N2O3. The number of aliphatic hydroxyl groups is 1. The number of ether oxygens (including phenoxy) is 1. The number of nitrogens with one attached hydrogen (secondary N) is 2. The predicted molar refractivity (Wildman–Crippen MR) is 112 cm³/mol. The third kappa shape index (κ3) is 5.58. The highest BCUT2D eigenvalue weighted by Gasteiger charge is 2.34. The first-order chi connectivity index (χ1) is 14.2. The Kier molecular flexibility index (Phi) is 6.47. The van der Waals surface area contributed by atoms with Gasteiger partial charge in [0.05, 0.1) is 6.10 Å². The van der Waals surface area contributed by atoms with Gasteiger partial charge in [0.25, 0.3) is 0 Å². The average molecular weight is 395 g/mol. The molecule has 4 rings (SSSR count). The number of rotatable bonds is 8. The molecule has 0 saturated carbocycles. The molecule has 29 heavy (non-hydrogen) atoms. The van der Waals surface area contributed by atoms with E-state index in [4.69, 9.17) is 4.74 Å². The largest absolute Gasteiger partial charge is 0.489 e. The van der Waals surface area contributed by atoms with Crippen molar-refractivity contribution < 1.29 is 14.6 Å². The van der Waals surface area contributed by atoms with Crippen LogP contribution in [0.1, 0.15) is 49.3 Å². The van der Waals surface area contributed by atoms with Gasteiger partial charge >= 0.3 is 0 Å². The Morgan fingerprint density at radius 2 is 1.86 bits per heavy atom. The van der Waals surface area contributed by atoms with Crippen molar-refractivity contribution in [1.29, 1.82) is 0 Å². The molecule has 5 nitrogen and oxygen atoms in total. The molecule has 0 aromatic heterocycles. The van der Waals surface area contributed by atoms with E-state index >= 15 is 0 Å². The Bertz CT molecular complexity index is 799. The SMILES string of the molecule is O=C(CC1CC2CCC(C1)N2)NCC(O)c1cccc(OCc2ccccc2)c1. The van der Waals surface area contributed by atoms with Gasteiger partial charge in [-0.1, -0.05) is 42.5 Å². The summed E-state index contributed by atoms with van der Waals surface area (Å²) in [4.78, 5) is 12.3. The lowest BCUT2D eigenvalue weighted by atomic mass is 9.89. The number of hydrogen-bond donors (Lipinski definition) is 3. The van der Waals surface area contributed by atoms with Gasteiger partial charge in [-0.3, -0.25) is 4.79 Å². The van der Waals surface area contributed by atoms with Gasteiger partial charge in [0.15, 0.2) is 0 Å². The molecule has 2 aromatic carbocycles. The van der Waals surface area contributed by atoms with Gasteiger partial charge in [0, 0.05) is 25.0 Å². The smallest absolute Gasteiger partial charge is 0.220 e. The van der Waals surface area contributed by atoms with Gasteiger partial charge in [-0.25, -0.2) is 0 Å². The van der Waals surface area contributed by atoms with Crippen molar-refractivity contribution in [2.45, 2.75) is 56.9 Å². The zero-order valence-electron chi connectivity index (χ0n) is 16.7. The summed E-state index contributed by atoms with van der Waals surface area (Å²) in [6.45, 7) is 0.703. The molecule has 2 aliphatic heterocycles. The first kappa shape index (κ1) is 19.9. The van der Waals surface area contributed by atoms with Crippen LogP contribution in [-0.2, 0) is 11.4 Å². The molecule has 1 amide bonds. The van der Waals surface area contributed by atoms with Crippen molar-refractivity contribution in [3.8, 4) is 5.75 Å². The molecule has 2 bridgehead atoms. The molecular weight excluding hydrogens is 364 g/mol. The molecule has 0 radical (unpaired) electrons. The molecule has 2 aliphatic rings. The fourth-order valence-electron chi connectivity index (χ4n) is 4.56. The van der Waals surface area contributed by atoms with Crippen LogP contribution in [0, 0.1) is 5.92 Å². The third-order valence-corrected chi connectivity index (χ3v) is 6.03. The number of hydrogen-bond acceptors (Lipinski definition) is 4. The highest BCUT2D eigenvalue weighted by Crippen LogP contribution is 2.32. The normalized spacial score (nSPS) is 24.1. The summed E-state index contributed by atoms with van der Waals surface area (Å²) in [5.74, 6) is 1.20. The van der Waals surface area contributed by atoms with E-state index in [1.54, 1.807) is 0 Å². The zero-order chi connectivity index (χ0) is 20.1. The van der Waals surface area contributed by atoms with Crippen LogP contribution in [0.3, 0.4) is 0 Å². The average Bonchev–Trinajstić information content (AvgIpc) is 3.09. The molecule has 2 fully saturated rings. The maximum absolute atomic E-state index is 12.3. The van der Waals surface area contributed by atoms with Gasteiger partial charge < -0.3 is 20.5 Å². The quantitative estimate of drug-likeness (QED) is 0.642. The fourth-order valence-corrected chi connectivity index (χ4v) is 4.56. The van der Waals surface area contributed by atoms with E-state index in [0.717, 1.165) is 24.0 Å². The molecule has 3 N–H and O–H groups in total. The van der Waals surface area contributed by atoms with E-state index < -0.39 is 6.10 Å². The summed E-state index contributed by atoms with van der Waals surface area (Å²) in [6, 6.07) is 18.6. The maximum atomic E-state index is 12.3. The fraction of sp³-hybridized carbons (Fsp3) is 0.458. The van der Waals surface area contributed by atoms with Crippen LogP contribution in [0.15, 0.2) is 54.6 Å². The van der Waals surface area contributed by atoms with Gasteiger partial charge in [-0.2, -0.15) is 0 Å². The summed E-state index contributed by atoms with van der Waals surface area (Å²) in [7, 11) is 0. The molecule has 0 aliphatic carbocycles. The lowest BCUT2D eigenvalue weighted by Gasteiger charge is -2.28. The third-order valence-electron chi connectivity index (χ3n) is 6.03. The Labute approximate surface area is 172 Å². The topological polar surface area (TPSA) is 70.6 Å². The van der Waals surface area contributed by atoms with Gasteiger partial charge in [0.1, 0.15) is 12.4 Å². The number of amides is 1. The first-order valence-electron chi connectivity index (χ1n) is 10.6. The Morgan fingerprint density at radius 3 is 2.62 bits per heavy atom. The summed E-state index contributed by atoms with van der Waals surface area (Å²) >= 11 is 0. The molecule has 0 spiro atoms. The lowest BCUT2D eigenvalue weighted by molar-refractivity contribution is -0.122. The van der Waals surface area contributed by atoms with E-state index in [2.05, 4.69) is 10.6 Å². The van der Waals surface area contributed by atoms with Crippen molar-refractivity contribution in [3.05, 3.63) is 65.7 Å². The Hall–Kier alpha value is -2.37. The summed E-state index contributed by atoms with van der Waals surface area (Å²) in [6.07, 6.45) is 4.47. The predicted octanol–water partition coefficient (Wildman–Crippen LogP) is 3.34. The number of carbonyl (C=O) groups is 1. The molecule has 2 aromatic rings. The summed E-state index contributed by atoms with van der Waals surface area (Å²) in [5.41, 5.74) is 1.84. The van der Waals surface area contributed by atoms with Gasteiger partial charge in [-0.05, 0) is 54.9 Å². The monoisotopic (exact) mass is 394 g/mol. The first-order valence-corrected chi connectivity index (χ1v) is 10.6. The second kappa shape index (κ2) is 9.42. The minimum atomic E-state index is -0.747. The Balaban J connectivity index is 1.24. The number of benzene rings is 2. The molecule has 154 valence electrons. The van der Waals surface area contributed by atoms with Crippen LogP contribution in [0.4, 0.5) is 0 Å². The number of aliphatic hydroxyl groups excluding tert-OH is 1. The van der Waals surface area contributed by atoms with Crippen molar-refractivity contribution in [3.63, 3.8) is 0 Å². The minimum Gasteiger partial charge on any atom is -0.489 e. The van der Waals surface area contributed by atoms with Crippen LogP contribution in [0.2, 0.25) is 0 Å². The van der Waals surface area contributed by atoms with Crippen LogP contribution < -0.4 is 15.4 Å². The van der Waals surface area contributed by atoms with E-state index in [9.17, 15) is 9.90 Å². The second-order valence-electron chi connectivity index (χ2n) is 8.35. The number of piperidine rings is 1. The standard InChI is InChI=1S/C24H30N2O3/c27-23(15-25-24(28)13-18-11-20-9-10-21(12-18)26-20)19-7-4-8-22(14-19)29-16-17-5-2-1-3-6-17/h1-8,14,18,20-21,23,26-27H,9-13,15-16H2,(H,25,28). The van der Waals surface area contributed by atoms with Crippen molar-refractivity contribution >= 4 is 5.91 Å². The second-order valence-corrected chi connectivity index (χ2v) is 8.35. The van der Waals surface area contributed by atoms with E-state index in [0.29, 0.717) is 36.8 Å². The van der Waals surface area contributed by atoms with Crippen LogP contribution in [0.5, 0.6) is 5.75 Å². The zero-order valence-corrected chi connectivity index (χ0v) is 16.7. The molecule has 3 atom stereocenters. The van der Waals surface area contributed by atoms with E-state index in [-0.39, 0.29) is 12.5 Å². The highest BCUT2D eigenvalue weighted by atomic mass is 16.5. The highest BCUT2D eigenvalue weighted by molar-refractivity contribution is 5.76. The number of fused-ring (bicyclic) bond motifs is 2. The maximum Gasteiger partial charge on any atom is 0.220 e. The Morgan fingerprint density at radius 1 is 1.10 bits per heavy atom. The van der Waals surface area contributed by atoms with E-state index in [1.165, 1.54) is 12.8 Å². The van der Waals surface area contributed by atoms with Crippen LogP contribution in [-0.4, -0.2) is 29.6 Å². The lowest BCUT2D eigenvalue weighted by Crippen LogP contribution is -2.40. The molecule has 5 heteroatoms. The van der Waals surface area contributed by atoms with Gasteiger partial charge in [-0.15, -0.1) is 0 Å². The number of carbonyl (C=O) groups excluding carboxylic acids is 1. The molecule has 3 unspecified atom stereocenters. The van der Waals surface area contributed by atoms with Crippen molar-refractivity contribution in [1.82, 2.24) is 10.6 Å². The van der Waals surface area contributed by atoms with E-state index in [1.807, 2.05) is 54.6 Å². The van der Waals surface area contributed by atoms with Crippen molar-refractivity contribution in [2.24, 2.45) is 5.92 Å².